The Morgan fingerprint density at radius 1 is 1.00 bits per heavy atom. The summed E-state index contributed by atoms with van der Waals surface area (Å²) in [6.45, 7) is 0. The summed E-state index contributed by atoms with van der Waals surface area (Å²) in [6.07, 6.45) is 0. The molecule has 0 radical (unpaired) electrons. The van der Waals surface area contributed by atoms with Crippen LogP contribution in [-0.2, 0) is 0 Å². The molecule has 3 heteroatoms. The van der Waals surface area contributed by atoms with Crippen molar-refractivity contribution in [2.75, 3.05) is 0 Å². The maximum absolute atomic E-state index is 3.57. The quantitative estimate of drug-likeness (QED) is 0.451. The van der Waals surface area contributed by atoms with E-state index in [1.165, 1.54) is 28.2 Å². The van der Waals surface area contributed by atoms with Gasteiger partial charge >= 0.3 is 0 Å². The Labute approximate surface area is 114 Å². The Kier molecular flexibility index (Phi) is 2.49. The molecule has 74 valence electrons. The average Bonchev–Trinajstić information content (AvgIpc) is 2.63. The lowest BCUT2D eigenvalue weighted by Crippen LogP contribution is -1.73. The summed E-state index contributed by atoms with van der Waals surface area (Å²) in [5, 5.41) is 2.73. The van der Waals surface area contributed by atoms with Crippen LogP contribution in [-0.4, -0.2) is 0 Å². The molecule has 0 unspecified atom stereocenters. The third kappa shape index (κ3) is 1.52. The van der Waals surface area contributed by atoms with E-state index in [-0.39, 0.29) is 0 Å². The Bertz CT molecular complexity index is 657. The molecule has 1 aromatic heterocycles. The molecule has 0 spiro atoms. The topological polar surface area (TPSA) is 0 Å². The Morgan fingerprint density at radius 2 is 1.80 bits per heavy atom. The summed E-state index contributed by atoms with van der Waals surface area (Å²) in [5.74, 6) is 0. The lowest BCUT2D eigenvalue weighted by molar-refractivity contribution is 1.71. The highest BCUT2D eigenvalue weighted by Crippen LogP contribution is 2.38. The predicted molar refractivity (Wildman–Crippen MR) is 79.7 cm³/mol. The number of fused-ring (bicyclic) bond motifs is 3. The second-order valence-corrected chi connectivity index (χ2v) is 6.32. The zero-order valence-electron chi connectivity index (χ0n) is 7.63. The average molecular weight is 389 g/mol. The number of thiophene rings is 1. The van der Waals surface area contributed by atoms with Gasteiger partial charge in [0, 0.05) is 28.2 Å². The molecule has 3 rings (SSSR count). The first-order valence-electron chi connectivity index (χ1n) is 4.52. The zero-order valence-corrected chi connectivity index (χ0v) is 12.2. The molecule has 0 aliphatic heterocycles. The van der Waals surface area contributed by atoms with Crippen LogP contribution in [0.3, 0.4) is 0 Å². The second-order valence-electron chi connectivity index (χ2n) is 3.34. The normalized spacial score (nSPS) is 11.3. The SMILES string of the molecule is Brc1ccc2c(sc3ccccc32)c1I. The number of halogens is 2. The highest BCUT2D eigenvalue weighted by Gasteiger charge is 2.08. The molecule has 0 atom stereocenters. The molecule has 3 aromatic rings. The fourth-order valence-electron chi connectivity index (χ4n) is 1.73. The maximum atomic E-state index is 3.57. The van der Waals surface area contributed by atoms with E-state index in [0.717, 1.165) is 0 Å². The van der Waals surface area contributed by atoms with Crippen molar-refractivity contribution >= 4 is 70.0 Å². The number of hydrogen-bond acceptors (Lipinski definition) is 1. The molecule has 0 fully saturated rings. The van der Waals surface area contributed by atoms with Gasteiger partial charge in [-0.25, -0.2) is 0 Å². The van der Waals surface area contributed by atoms with E-state index in [0.29, 0.717) is 0 Å². The molecular weight excluding hydrogens is 383 g/mol. The van der Waals surface area contributed by atoms with E-state index in [2.05, 4.69) is 74.9 Å². The first-order chi connectivity index (χ1) is 7.27. The van der Waals surface area contributed by atoms with Gasteiger partial charge in [-0.15, -0.1) is 11.3 Å². The molecule has 15 heavy (non-hydrogen) atoms. The molecule has 0 aliphatic rings. The molecule has 0 aliphatic carbocycles. The van der Waals surface area contributed by atoms with Crippen molar-refractivity contribution in [2.24, 2.45) is 0 Å². The lowest BCUT2D eigenvalue weighted by Gasteiger charge is -1.96. The van der Waals surface area contributed by atoms with Gasteiger partial charge in [-0.3, -0.25) is 0 Å². The zero-order chi connectivity index (χ0) is 10.4. The highest BCUT2D eigenvalue weighted by atomic mass is 127. The Hall–Kier alpha value is -0.130. The van der Waals surface area contributed by atoms with Gasteiger partial charge in [-0.1, -0.05) is 24.3 Å². The molecule has 1 heterocycles. The third-order valence-electron chi connectivity index (χ3n) is 2.44. The summed E-state index contributed by atoms with van der Waals surface area (Å²) in [7, 11) is 0. The van der Waals surface area contributed by atoms with Gasteiger partial charge in [-0.2, -0.15) is 0 Å². The Morgan fingerprint density at radius 3 is 2.67 bits per heavy atom. The van der Waals surface area contributed by atoms with Gasteiger partial charge in [0.05, 0.1) is 0 Å². The summed E-state index contributed by atoms with van der Waals surface area (Å²) in [4.78, 5) is 0. The summed E-state index contributed by atoms with van der Waals surface area (Å²) in [5.41, 5.74) is 0. The fourth-order valence-corrected chi connectivity index (χ4v) is 4.14. The van der Waals surface area contributed by atoms with Crippen LogP contribution in [0.15, 0.2) is 40.9 Å². The first kappa shape index (κ1) is 10.1. The van der Waals surface area contributed by atoms with Crippen molar-refractivity contribution in [3.8, 4) is 0 Å². The van der Waals surface area contributed by atoms with Gasteiger partial charge in [0.25, 0.3) is 0 Å². The molecule has 0 nitrogen and oxygen atoms in total. The number of hydrogen-bond donors (Lipinski definition) is 0. The first-order valence-corrected chi connectivity index (χ1v) is 7.21. The minimum absolute atomic E-state index is 1.18. The van der Waals surface area contributed by atoms with E-state index in [4.69, 9.17) is 0 Å². The molecule has 2 aromatic carbocycles. The minimum Gasteiger partial charge on any atom is -0.134 e. The molecule has 0 bridgehead atoms. The van der Waals surface area contributed by atoms with E-state index < -0.39 is 0 Å². The summed E-state index contributed by atoms with van der Waals surface area (Å²) < 4.78 is 5.24. The van der Waals surface area contributed by atoms with Crippen LogP contribution in [0.4, 0.5) is 0 Å². The van der Waals surface area contributed by atoms with Crippen molar-refractivity contribution in [3.05, 3.63) is 44.4 Å². The fraction of sp³-hybridized carbons (Fsp3) is 0. The molecule has 0 saturated heterocycles. The monoisotopic (exact) mass is 388 g/mol. The molecule has 0 amide bonds. The Balaban J connectivity index is 2.60. The van der Waals surface area contributed by atoms with Crippen LogP contribution in [0.5, 0.6) is 0 Å². The van der Waals surface area contributed by atoms with Crippen molar-refractivity contribution in [3.63, 3.8) is 0 Å². The maximum Gasteiger partial charge on any atom is 0.0500 e. The van der Waals surface area contributed by atoms with E-state index in [1.807, 2.05) is 11.3 Å². The predicted octanol–water partition coefficient (Wildman–Crippen LogP) is 5.42. The summed E-state index contributed by atoms with van der Waals surface area (Å²) in [6, 6.07) is 12.9. The molecular formula is C12H6BrIS. The van der Waals surface area contributed by atoms with Gasteiger partial charge in [0.15, 0.2) is 0 Å². The van der Waals surface area contributed by atoms with Crippen LogP contribution >= 0.6 is 49.9 Å². The van der Waals surface area contributed by atoms with E-state index in [9.17, 15) is 0 Å². The standard InChI is InChI=1S/C12H6BrIS/c13-9-6-5-8-7-3-1-2-4-10(7)15-12(8)11(9)14/h1-6H. The van der Waals surface area contributed by atoms with Gasteiger partial charge < -0.3 is 0 Å². The van der Waals surface area contributed by atoms with Crippen molar-refractivity contribution in [2.45, 2.75) is 0 Å². The molecule has 0 saturated carbocycles. The van der Waals surface area contributed by atoms with Crippen LogP contribution < -0.4 is 0 Å². The third-order valence-corrected chi connectivity index (χ3v) is 6.53. The van der Waals surface area contributed by atoms with Crippen LogP contribution in [0.2, 0.25) is 0 Å². The summed E-state index contributed by atoms with van der Waals surface area (Å²) >= 11 is 7.84. The van der Waals surface area contributed by atoms with Gasteiger partial charge in [-0.05, 0) is 50.7 Å². The van der Waals surface area contributed by atoms with Crippen molar-refractivity contribution < 1.29 is 0 Å². The van der Waals surface area contributed by atoms with Crippen molar-refractivity contribution in [1.29, 1.82) is 0 Å². The van der Waals surface area contributed by atoms with E-state index in [1.54, 1.807) is 0 Å². The van der Waals surface area contributed by atoms with Crippen LogP contribution in [0.25, 0.3) is 20.2 Å². The second kappa shape index (κ2) is 3.71. The van der Waals surface area contributed by atoms with Crippen LogP contribution in [0, 0.1) is 3.57 Å². The van der Waals surface area contributed by atoms with Crippen LogP contribution in [0.1, 0.15) is 0 Å². The van der Waals surface area contributed by atoms with Crippen molar-refractivity contribution in [1.82, 2.24) is 0 Å². The minimum atomic E-state index is 1.18. The van der Waals surface area contributed by atoms with Gasteiger partial charge in [0.1, 0.15) is 0 Å². The largest absolute Gasteiger partial charge is 0.134 e. The highest BCUT2D eigenvalue weighted by molar-refractivity contribution is 14.1. The number of benzene rings is 2. The molecule has 0 N–H and O–H groups in total. The smallest absolute Gasteiger partial charge is 0.0500 e. The number of rotatable bonds is 0. The van der Waals surface area contributed by atoms with E-state index >= 15 is 0 Å². The van der Waals surface area contributed by atoms with Gasteiger partial charge in [0.2, 0.25) is 0 Å². The lowest BCUT2D eigenvalue weighted by atomic mass is 10.2.